The van der Waals surface area contributed by atoms with Crippen LogP contribution in [0.3, 0.4) is 0 Å². The van der Waals surface area contributed by atoms with Crippen molar-refractivity contribution < 1.29 is 17.9 Å². The van der Waals surface area contributed by atoms with Crippen LogP contribution < -0.4 is 14.4 Å². The molecule has 1 N–H and O–H groups in total. The molecule has 0 aromatic heterocycles. The number of anilines is 1. The Morgan fingerprint density at radius 1 is 1.04 bits per heavy atom. The number of amides is 1. The highest BCUT2D eigenvalue weighted by atomic mass is 32.2. The highest BCUT2D eigenvalue weighted by molar-refractivity contribution is 7.92. The molecule has 2 rings (SSSR count). The molecule has 152 valence electrons. The lowest BCUT2D eigenvalue weighted by Gasteiger charge is -2.22. The zero-order valence-electron chi connectivity index (χ0n) is 16.8. The van der Waals surface area contributed by atoms with Crippen LogP contribution in [0.4, 0.5) is 5.69 Å². The van der Waals surface area contributed by atoms with Crippen LogP contribution in [0.5, 0.6) is 5.75 Å². The molecule has 0 unspecified atom stereocenters. The summed E-state index contributed by atoms with van der Waals surface area (Å²) in [7, 11) is -3.33. The Kier molecular flexibility index (Phi) is 7.45. The predicted molar refractivity (Wildman–Crippen MR) is 112 cm³/mol. The van der Waals surface area contributed by atoms with Gasteiger partial charge in [-0.3, -0.25) is 9.10 Å². The van der Waals surface area contributed by atoms with Crippen LogP contribution in [0.2, 0.25) is 0 Å². The molecule has 7 heteroatoms. The number of sulfonamides is 1. The van der Waals surface area contributed by atoms with Crippen LogP contribution in [0.1, 0.15) is 43.6 Å². The molecule has 0 heterocycles. The number of nitrogens with one attached hydrogen (secondary N) is 1. The van der Waals surface area contributed by atoms with Gasteiger partial charge in [0.05, 0.1) is 17.5 Å². The van der Waals surface area contributed by atoms with E-state index in [1.807, 2.05) is 38.1 Å². The molecule has 0 aliphatic heterocycles. The van der Waals surface area contributed by atoms with E-state index in [0.717, 1.165) is 11.3 Å². The first-order valence-electron chi connectivity index (χ1n) is 9.41. The number of rotatable bonds is 9. The Morgan fingerprint density at radius 3 is 2.14 bits per heavy atom. The second-order valence-corrected chi connectivity index (χ2v) is 8.79. The molecule has 6 nitrogen and oxygen atoms in total. The van der Waals surface area contributed by atoms with Gasteiger partial charge < -0.3 is 10.1 Å². The summed E-state index contributed by atoms with van der Waals surface area (Å²) in [6.45, 7) is 8.08. The largest absolute Gasteiger partial charge is 0.491 e. The van der Waals surface area contributed by atoms with Crippen LogP contribution in [-0.2, 0) is 16.6 Å². The Hall–Kier alpha value is -2.54. The van der Waals surface area contributed by atoms with Gasteiger partial charge in [0.15, 0.2) is 0 Å². The first kappa shape index (κ1) is 21.8. The predicted octanol–water partition coefficient (Wildman–Crippen LogP) is 3.58. The molecule has 0 aliphatic carbocycles. The van der Waals surface area contributed by atoms with Crippen LogP contribution in [0.25, 0.3) is 0 Å². The number of hydrogen-bond donors (Lipinski definition) is 1. The molecule has 0 aliphatic rings. The molecule has 0 spiro atoms. The van der Waals surface area contributed by atoms with Crippen molar-refractivity contribution in [3.8, 4) is 5.75 Å². The van der Waals surface area contributed by atoms with Crippen molar-refractivity contribution in [2.24, 2.45) is 0 Å². The van der Waals surface area contributed by atoms with E-state index in [1.165, 1.54) is 4.31 Å². The SMILES string of the molecule is CCN(c1ccc(C(=O)NCc2ccc(OC(C)C)cc2)cc1)S(=O)(=O)CC. The van der Waals surface area contributed by atoms with Crippen LogP contribution >= 0.6 is 0 Å². The molecule has 1 amide bonds. The number of carbonyl (C=O) groups excluding carboxylic acids is 1. The first-order valence-corrected chi connectivity index (χ1v) is 11.0. The molecule has 28 heavy (non-hydrogen) atoms. The van der Waals surface area contributed by atoms with Crippen molar-refractivity contribution in [2.75, 3.05) is 16.6 Å². The van der Waals surface area contributed by atoms with E-state index >= 15 is 0 Å². The van der Waals surface area contributed by atoms with Crippen molar-refractivity contribution in [3.05, 3.63) is 59.7 Å². The molecule has 2 aromatic carbocycles. The minimum atomic E-state index is -3.33. The molecular formula is C21H28N2O4S. The normalized spacial score (nSPS) is 11.3. The third-order valence-corrected chi connectivity index (χ3v) is 6.02. The van der Waals surface area contributed by atoms with Crippen LogP contribution in [0.15, 0.2) is 48.5 Å². The van der Waals surface area contributed by atoms with E-state index in [0.29, 0.717) is 24.3 Å². The summed E-state index contributed by atoms with van der Waals surface area (Å²) in [5.74, 6) is 0.614. The van der Waals surface area contributed by atoms with E-state index in [1.54, 1.807) is 38.1 Å². The van der Waals surface area contributed by atoms with E-state index < -0.39 is 10.0 Å². The fourth-order valence-electron chi connectivity index (χ4n) is 2.72. The summed E-state index contributed by atoms with van der Waals surface area (Å²) in [5.41, 5.74) is 2.00. The average molecular weight is 405 g/mol. The first-order chi connectivity index (χ1) is 13.3. The fraction of sp³-hybridized carbons (Fsp3) is 0.381. The van der Waals surface area contributed by atoms with Gasteiger partial charge in [-0.1, -0.05) is 12.1 Å². The summed E-state index contributed by atoms with van der Waals surface area (Å²) in [5, 5.41) is 2.87. The summed E-state index contributed by atoms with van der Waals surface area (Å²) in [4.78, 5) is 12.4. The van der Waals surface area contributed by atoms with Crippen molar-refractivity contribution in [1.29, 1.82) is 0 Å². The van der Waals surface area contributed by atoms with Gasteiger partial charge in [0.2, 0.25) is 10.0 Å². The van der Waals surface area contributed by atoms with Crippen LogP contribution in [0, 0.1) is 0 Å². The molecule has 0 atom stereocenters. The summed E-state index contributed by atoms with van der Waals surface area (Å²) < 4.78 is 31.2. The van der Waals surface area contributed by atoms with E-state index in [4.69, 9.17) is 4.74 Å². The number of ether oxygens (including phenoxy) is 1. The number of carbonyl (C=O) groups is 1. The van der Waals surface area contributed by atoms with Gasteiger partial charge in [-0.2, -0.15) is 0 Å². The topological polar surface area (TPSA) is 75.7 Å². The lowest BCUT2D eigenvalue weighted by atomic mass is 10.1. The van der Waals surface area contributed by atoms with Gasteiger partial charge >= 0.3 is 0 Å². The highest BCUT2D eigenvalue weighted by Crippen LogP contribution is 2.19. The lowest BCUT2D eigenvalue weighted by Crippen LogP contribution is -2.32. The second-order valence-electron chi connectivity index (χ2n) is 6.61. The van der Waals surface area contributed by atoms with Crippen molar-refractivity contribution in [3.63, 3.8) is 0 Å². The average Bonchev–Trinajstić information content (AvgIpc) is 2.67. The lowest BCUT2D eigenvalue weighted by molar-refractivity contribution is 0.0951. The van der Waals surface area contributed by atoms with Crippen molar-refractivity contribution >= 4 is 21.6 Å². The molecule has 0 radical (unpaired) electrons. The maximum atomic E-state index is 12.4. The third kappa shape index (κ3) is 5.73. The molecule has 0 fully saturated rings. The molecule has 2 aromatic rings. The monoisotopic (exact) mass is 404 g/mol. The van der Waals surface area contributed by atoms with Gasteiger partial charge in [0.25, 0.3) is 5.91 Å². The standard InChI is InChI=1S/C21H28N2O4S/c1-5-23(28(25,26)6-2)19-11-9-18(10-12-19)21(24)22-15-17-7-13-20(14-8-17)27-16(3)4/h7-14,16H,5-6,15H2,1-4H3,(H,22,24). The minimum absolute atomic E-state index is 0.0318. The third-order valence-electron chi connectivity index (χ3n) is 4.15. The second kappa shape index (κ2) is 9.59. The van der Waals surface area contributed by atoms with Gasteiger partial charge in [-0.25, -0.2) is 8.42 Å². The molecule has 0 saturated heterocycles. The Labute approximate surface area is 167 Å². The minimum Gasteiger partial charge on any atom is -0.491 e. The number of nitrogens with zero attached hydrogens (tertiary/aromatic N) is 1. The van der Waals surface area contributed by atoms with Crippen molar-refractivity contribution in [2.45, 2.75) is 40.3 Å². The van der Waals surface area contributed by atoms with Gasteiger partial charge in [-0.05, 0) is 69.7 Å². The summed E-state index contributed by atoms with van der Waals surface area (Å²) >= 11 is 0. The van der Waals surface area contributed by atoms with Gasteiger partial charge in [0.1, 0.15) is 5.75 Å². The maximum absolute atomic E-state index is 12.4. The summed E-state index contributed by atoms with van der Waals surface area (Å²) in [6.07, 6.45) is 0.115. The molecular weight excluding hydrogens is 376 g/mol. The zero-order valence-corrected chi connectivity index (χ0v) is 17.6. The molecule has 0 saturated carbocycles. The van der Waals surface area contributed by atoms with Gasteiger partial charge in [-0.15, -0.1) is 0 Å². The van der Waals surface area contributed by atoms with E-state index in [2.05, 4.69) is 5.32 Å². The molecule has 0 bridgehead atoms. The van der Waals surface area contributed by atoms with Crippen LogP contribution in [-0.4, -0.2) is 32.7 Å². The zero-order chi connectivity index (χ0) is 20.7. The fourth-order valence-corrected chi connectivity index (χ4v) is 3.87. The van der Waals surface area contributed by atoms with E-state index in [9.17, 15) is 13.2 Å². The highest BCUT2D eigenvalue weighted by Gasteiger charge is 2.18. The Balaban J connectivity index is 1.99. The number of benzene rings is 2. The van der Waals surface area contributed by atoms with E-state index in [-0.39, 0.29) is 17.8 Å². The Morgan fingerprint density at radius 2 is 1.64 bits per heavy atom. The Bertz CT molecular complexity index is 876. The summed E-state index contributed by atoms with van der Waals surface area (Å²) in [6, 6.07) is 14.2. The maximum Gasteiger partial charge on any atom is 0.251 e. The quantitative estimate of drug-likeness (QED) is 0.693. The number of hydrogen-bond acceptors (Lipinski definition) is 4. The smallest absolute Gasteiger partial charge is 0.251 e. The van der Waals surface area contributed by atoms with Gasteiger partial charge in [0, 0.05) is 18.7 Å². The van der Waals surface area contributed by atoms with Crippen molar-refractivity contribution in [1.82, 2.24) is 5.32 Å².